The van der Waals surface area contributed by atoms with E-state index in [9.17, 15) is 14.7 Å². The van der Waals surface area contributed by atoms with Crippen LogP contribution in [-0.2, 0) is 19.1 Å². The maximum atomic E-state index is 12.6. The second-order valence-corrected chi connectivity index (χ2v) is 13.3. The predicted molar refractivity (Wildman–Crippen MR) is 121 cm³/mol. The normalized spacial score (nSPS) is 54.1. The monoisotopic (exact) mass is 446 g/mol. The van der Waals surface area contributed by atoms with E-state index in [1.54, 1.807) is 0 Å². The number of esters is 1. The highest BCUT2D eigenvalue weighted by Crippen LogP contribution is 2.70. The van der Waals surface area contributed by atoms with Crippen molar-refractivity contribution in [2.45, 2.75) is 117 Å². The molecule has 2 bridgehead atoms. The Hall–Kier alpha value is -0.940. The summed E-state index contributed by atoms with van der Waals surface area (Å²) in [5, 5.41) is 11.0. The Kier molecular flexibility index (Phi) is 5.02. The molecule has 0 aromatic carbocycles. The number of hydrogen-bond acceptors (Lipinski definition) is 5. The highest BCUT2D eigenvalue weighted by Gasteiger charge is 2.69. The summed E-state index contributed by atoms with van der Waals surface area (Å²) in [7, 11) is 0. The van der Waals surface area contributed by atoms with Crippen LogP contribution in [-0.4, -0.2) is 40.8 Å². The minimum absolute atomic E-state index is 0.0411. The van der Waals surface area contributed by atoms with Gasteiger partial charge in [0.2, 0.25) is 0 Å². The second-order valence-electron chi connectivity index (χ2n) is 13.3. The molecule has 0 aromatic rings. The number of aliphatic hydroxyl groups excluding tert-OH is 1. The molecule has 0 aromatic heterocycles. The maximum Gasteiger partial charge on any atom is 0.302 e. The quantitative estimate of drug-likeness (QED) is 0.592. The average Bonchev–Trinajstić information content (AvgIpc) is 2.84. The van der Waals surface area contributed by atoms with Crippen molar-refractivity contribution in [3.05, 3.63) is 0 Å². The van der Waals surface area contributed by atoms with Crippen molar-refractivity contribution in [2.24, 2.45) is 39.9 Å². The fourth-order valence-electron chi connectivity index (χ4n) is 10.00. The summed E-state index contributed by atoms with van der Waals surface area (Å²) in [5.41, 5.74) is -0.210. The Morgan fingerprint density at radius 3 is 2.56 bits per heavy atom. The SMILES string of the molecule is CC(=O)OC1CC2(C)CC3(CCC2C2(C)CCCC(C)(C)C12)OC1C(C)C(=O)CC3C1O. The van der Waals surface area contributed by atoms with Gasteiger partial charge < -0.3 is 14.6 Å². The van der Waals surface area contributed by atoms with Crippen molar-refractivity contribution >= 4 is 11.8 Å². The molecule has 180 valence electrons. The van der Waals surface area contributed by atoms with Crippen LogP contribution in [0.3, 0.4) is 0 Å². The van der Waals surface area contributed by atoms with Crippen LogP contribution in [0.5, 0.6) is 0 Å². The lowest BCUT2D eigenvalue weighted by Gasteiger charge is -2.67. The molecular weight excluding hydrogens is 404 g/mol. The van der Waals surface area contributed by atoms with E-state index < -0.39 is 11.7 Å². The molecule has 4 aliphatic carbocycles. The van der Waals surface area contributed by atoms with Crippen LogP contribution in [0.1, 0.15) is 92.9 Å². The standard InChI is InChI=1S/C27H42O5/c1-15-18(29)12-17-21(30)22(15)32-27(17)11-8-20-25(5,14-27)13-19(31-16(2)28)23-24(3,4)9-7-10-26(20,23)6/h15,17,19-23,30H,7-14H2,1-6H3. The Balaban J connectivity index is 1.52. The van der Waals surface area contributed by atoms with Gasteiger partial charge in [0.05, 0.1) is 17.8 Å². The smallest absolute Gasteiger partial charge is 0.302 e. The fraction of sp³-hybridized carbons (Fsp3) is 0.926. The molecule has 0 radical (unpaired) electrons. The van der Waals surface area contributed by atoms with E-state index in [0.29, 0.717) is 18.3 Å². The summed E-state index contributed by atoms with van der Waals surface area (Å²) in [4.78, 5) is 24.8. The zero-order valence-corrected chi connectivity index (χ0v) is 20.8. The van der Waals surface area contributed by atoms with Gasteiger partial charge in [0.15, 0.2) is 0 Å². The minimum Gasteiger partial charge on any atom is -0.462 e. The lowest BCUT2D eigenvalue weighted by Crippen LogP contribution is -2.64. The van der Waals surface area contributed by atoms with E-state index in [1.165, 1.54) is 26.2 Å². The zero-order chi connectivity index (χ0) is 23.3. The average molecular weight is 447 g/mol. The summed E-state index contributed by atoms with van der Waals surface area (Å²) < 4.78 is 12.8. The first kappa shape index (κ1) is 22.8. The van der Waals surface area contributed by atoms with Crippen molar-refractivity contribution in [3.63, 3.8) is 0 Å². The molecule has 32 heavy (non-hydrogen) atoms. The van der Waals surface area contributed by atoms with Gasteiger partial charge in [-0.1, -0.05) is 41.0 Å². The number of aliphatic hydroxyl groups is 1. The number of ether oxygens (including phenoxy) is 2. The Bertz CT molecular complexity index is 821. The summed E-state index contributed by atoms with van der Waals surface area (Å²) in [6, 6.07) is 0. The molecule has 1 spiro atoms. The number of carbonyl (C=O) groups excluding carboxylic acids is 2. The van der Waals surface area contributed by atoms with Crippen LogP contribution in [0.4, 0.5) is 0 Å². The molecule has 5 nitrogen and oxygen atoms in total. The van der Waals surface area contributed by atoms with E-state index in [2.05, 4.69) is 27.7 Å². The zero-order valence-electron chi connectivity index (χ0n) is 20.8. The van der Waals surface area contributed by atoms with Crippen molar-refractivity contribution in [3.8, 4) is 0 Å². The fourth-order valence-corrected chi connectivity index (χ4v) is 10.00. The number of rotatable bonds is 1. The number of Topliss-reactive ketones (excluding diaryl/α,β-unsaturated/α-hetero) is 1. The first-order valence-corrected chi connectivity index (χ1v) is 12.9. The molecule has 1 N–H and O–H groups in total. The van der Waals surface area contributed by atoms with Gasteiger partial charge in [0.1, 0.15) is 11.9 Å². The van der Waals surface area contributed by atoms with Crippen LogP contribution >= 0.6 is 0 Å². The third-order valence-electron chi connectivity index (χ3n) is 10.9. The summed E-state index contributed by atoms with van der Waals surface area (Å²) >= 11 is 0. The van der Waals surface area contributed by atoms with Gasteiger partial charge in [-0.2, -0.15) is 0 Å². The van der Waals surface area contributed by atoms with Crippen LogP contribution < -0.4 is 0 Å². The highest BCUT2D eigenvalue weighted by atomic mass is 16.5. The van der Waals surface area contributed by atoms with Crippen LogP contribution in [0, 0.1) is 39.9 Å². The minimum atomic E-state index is -0.548. The molecule has 1 aliphatic heterocycles. The first-order valence-electron chi connectivity index (χ1n) is 12.9. The Morgan fingerprint density at radius 1 is 1.16 bits per heavy atom. The highest BCUT2D eigenvalue weighted by molar-refractivity contribution is 5.83. The van der Waals surface area contributed by atoms with Crippen LogP contribution in [0.2, 0.25) is 0 Å². The summed E-state index contributed by atoms with van der Waals surface area (Å²) in [5.74, 6) is 0.606. The van der Waals surface area contributed by atoms with Crippen molar-refractivity contribution < 1.29 is 24.2 Å². The third-order valence-corrected chi connectivity index (χ3v) is 10.9. The number of ketones is 1. The number of fused-ring (bicyclic) bond motifs is 6. The summed E-state index contributed by atoms with van der Waals surface area (Å²) in [6.07, 6.45) is 6.68. The van der Waals surface area contributed by atoms with Gasteiger partial charge >= 0.3 is 5.97 Å². The van der Waals surface area contributed by atoms with Crippen molar-refractivity contribution in [1.82, 2.24) is 0 Å². The molecule has 1 saturated heterocycles. The Morgan fingerprint density at radius 2 is 1.88 bits per heavy atom. The molecular formula is C27H42O5. The molecule has 10 unspecified atom stereocenters. The van der Waals surface area contributed by atoms with Gasteiger partial charge in [-0.25, -0.2) is 0 Å². The van der Waals surface area contributed by atoms with Gasteiger partial charge in [-0.3, -0.25) is 9.59 Å². The lowest BCUT2D eigenvalue weighted by atomic mass is 9.39. The molecule has 0 amide bonds. The molecule has 10 atom stereocenters. The van der Waals surface area contributed by atoms with Crippen molar-refractivity contribution in [2.75, 3.05) is 0 Å². The van der Waals surface area contributed by atoms with Crippen molar-refractivity contribution in [1.29, 1.82) is 0 Å². The number of hydrogen-bond donors (Lipinski definition) is 1. The largest absolute Gasteiger partial charge is 0.462 e. The van der Waals surface area contributed by atoms with E-state index in [0.717, 1.165) is 25.7 Å². The van der Waals surface area contributed by atoms with E-state index in [1.807, 2.05) is 6.92 Å². The molecule has 5 rings (SSSR count). The molecule has 5 aliphatic rings. The predicted octanol–water partition coefficient (Wildman–Crippen LogP) is 4.68. The van der Waals surface area contributed by atoms with Crippen LogP contribution in [0.25, 0.3) is 0 Å². The second kappa shape index (κ2) is 7.04. The van der Waals surface area contributed by atoms with E-state index in [-0.39, 0.29) is 52.0 Å². The first-order chi connectivity index (χ1) is 14.8. The van der Waals surface area contributed by atoms with Gasteiger partial charge in [0, 0.05) is 31.1 Å². The van der Waals surface area contributed by atoms with E-state index in [4.69, 9.17) is 9.47 Å². The molecule has 5 heteroatoms. The van der Waals surface area contributed by atoms with Crippen LogP contribution in [0.15, 0.2) is 0 Å². The number of carbonyl (C=O) groups is 2. The summed E-state index contributed by atoms with van der Waals surface area (Å²) in [6.45, 7) is 13.0. The van der Waals surface area contributed by atoms with Gasteiger partial charge in [0.25, 0.3) is 0 Å². The van der Waals surface area contributed by atoms with E-state index >= 15 is 0 Å². The molecule has 1 heterocycles. The molecule has 4 saturated carbocycles. The topological polar surface area (TPSA) is 72.8 Å². The van der Waals surface area contributed by atoms with Gasteiger partial charge in [-0.15, -0.1) is 0 Å². The molecule has 5 fully saturated rings. The third kappa shape index (κ3) is 3.02. The lowest BCUT2D eigenvalue weighted by molar-refractivity contribution is -0.234. The Labute approximate surface area is 193 Å². The van der Waals surface area contributed by atoms with Gasteiger partial charge in [-0.05, 0) is 60.7 Å². The maximum absolute atomic E-state index is 12.6.